The van der Waals surface area contributed by atoms with Crippen LogP contribution in [0.1, 0.15) is 26.2 Å². The summed E-state index contributed by atoms with van der Waals surface area (Å²) in [6, 6.07) is 0. The molecule has 0 radical (unpaired) electrons. The molecule has 1 saturated heterocycles. The molecule has 1 aliphatic rings. The Hall–Kier alpha value is -0.710. The number of aromatic nitrogens is 2. The van der Waals surface area contributed by atoms with Gasteiger partial charge >= 0.3 is 0 Å². The number of nitrogens with one attached hydrogen (secondary N) is 1. The number of rotatable bonds is 6. The molecule has 0 spiro atoms. The van der Waals surface area contributed by atoms with E-state index in [2.05, 4.69) is 22.4 Å². The molecule has 0 aromatic carbocycles. The first-order valence-corrected chi connectivity index (χ1v) is 10.8. The minimum atomic E-state index is -3.16. The molecule has 0 saturated carbocycles. The Labute approximate surface area is 138 Å². The highest BCUT2D eigenvalue weighted by Gasteiger charge is 2.29. The molecule has 2 heterocycles. The van der Waals surface area contributed by atoms with Gasteiger partial charge < -0.3 is 5.32 Å². The van der Waals surface area contributed by atoms with Crippen LogP contribution >= 0.6 is 23.1 Å². The lowest BCUT2D eigenvalue weighted by atomic mass is 9.97. The predicted octanol–water partition coefficient (Wildman–Crippen LogP) is 1.65. The van der Waals surface area contributed by atoms with Crippen LogP contribution in [-0.2, 0) is 14.8 Å². The van der Waals surface area contributed by atoms with E-state index >= 15 is 0 Å². The highest BCUT2D eigenvalue weighted by atomic mass is 32.2. The maximum Gasteiger partial charge on any atom is 0.229 e. The lowest BCUT2D eigenvalue weighted by molar-refractivity contribution is -0.120. The molecule has 1 aliphatic heterocycles. The minimum absolute atomic E-state index is 0.101. The molecule has 1 amide bonds. The van der Waals surface area contributed by atoms with Crippen molar-refractivity contribution in [3.8, 4) is 0 Å². The molecule has 1 aromatic rings. The Balaban J connectivity index is 1.84. The standard InChI is InChI=1S/C12H20N4O3S3/c1-3-8-20-12-15-14-11(21-12)13-10(17)9-4-6-16(7-5-9)22(2,18)19/h9H,3-8H2,1-2H3,(H,13,14,17). The van der Waals surface area contributed by atoms with Crippen molar-refractivity contribution in [2.75, 3.05) is 30.4 Å². The lowest BCUT2D eigenvalue weighted by Crippen LogP contribution is -2.40. The van der Waals surface area contributed by atoms with Gasteiger partial charge in [0.2, 0.25) is 21.1 Å². The number of hydrogen-bond acceptors (Lipinski definition) is 7. The van der Waals surface area contributed by atoms with Crippen LogP contribution in [0.4, 0.5) is 5.13 Å². The first-order valence-electron chi connectivity index (χ1n) is 7.12. The summed E-state index contributed by atoms with van der Waals surface area (Å²) in [6.07, 6.45) is 3.33. The molecule has 0 aliphatic carbocycles. The van der Waals surface area contributed by atoms with Gasteiger partial charge in [-0.15, -0.1) is 10.2 Å². The maximum absolute atomic E-state index is 12.2. The molecule has 0 bridgehead atoms. The van der Waals surface area contributed by atoms with Crippen LogP contribution < -0.4 is 5.32 Å². The summed E-state index contributed by atoms with van der Waals surface area (Å²) in [5, 5.41) is 11.3. The Morgan fingerprint density at radius 1 is 1.41 bits per heavy atom. The van der Waals surface area contributed by atoms with Crippen LogP contribution in [0.15, 0.2) is 4.34 Å². The van der Waals surface area contributed by atoms with Gasteiger partial charge in [-0.05, 0) is 19.3 Å². The third-order valence-corrected chi connectivity index (χ3v) is 6.84. The molecule has 2 rings (SSSR count). The number of nitrogens with zero attached hydrogens (tertiary/aromatic N) is 3. The summed E-state index contributed by atoms with van der Waals surface area (Å²) < 4.78 is 25.2. The zero-order valence-corrected chi connectivity index (χ0v) is 15.1. The van der Waals surface area contributed by atoms with E-state index in [0.29, 0.717) is 31.1 Å². The van der Waals surface area contributed by atoms with Crippen molar-refractivity contribution in [2.45, 2.75) is 30.5 Å². The lowest BCUT2D eigenvalue weighted by Gasteiger charge is -2.29. The van der Waals surface area contributed by atoms with Crippen molar-refractivity contribution < 1.29 is 13.2 Å². The number of amides is 1. The first-order chi connectivity index (χ1) is 10.4. The van der Waals surface area contributed by atoms with Gasteiger partial charge in [0.05, 0.1) is 6.26 Å². The average molecular weight is 365 g/mol. The zero-order valence-electron chi connectivity index (χ0n) is 12.6. The molecule has 10 heteroatoms. The number of carbonyl (C=O) groups excluding carboxylic acids is 1. The molecule has 1 fully saturated rings. The van der Waals surface area contributed by atoms with Gasteiger partial charge in [-0.3, -0.25) is 4.79 Å². The molecule has 7 nitrogen and oxygen atoms in total. The molecule has 1 N–H and O–H groups in total. The molecule has 0 unspecified atom stereocenters. The topological polar surface area (TPSA) is 92.3 Å². The average Bonchev–Trinajstić information content (AvgIpc) is 2.92. The second-order valence-corrected chi connectivity index (χ2v) is 9.45. The van der Waals surface area contributed by atoms with Crippen LogP contribution in [0.25, 0.3) is 0 Å². The highest BCUT2D eigenvalue weighted by Crippen LogP contribution is 2.27. The van der Waals surface area contributed by atoms with Gasteiger partial charge in [0.1, 0.15) is 0 Å². The summed E-state index contributed by atoms with van der Waals surface area (Å²) >= 11 is 3.00. The SMILES string of the molecule is CCCSc1nnc(NC(=O)C2CCN(S(C)(=O)=O)CC2)s1. The first kappa shape index (κ1) is 17.6. The van der Waals surface area contributed by atoms with E-state index in [4.69, 9.17) is 0 Å². The molecule has 124 valence electrons. The quantitative estimate of drug-likeness (QED) is 0.609. The monoisotopic (exact) mass is 364 g/mol. The largest absolute Gasteiger partial charge is 0.300 e. The van der Waals surface area contributed by atoms with Gasteiger partial charge in [0, 0.05) is 24.8 Å². The third-order valence-electron chi connectivity index (χ3n) is 3.36. The van der Waals surface area contributed by atoms with Crippen LogP contribution in [0, 0.1) is 5.92 Å². The Kier molecular flexibility index (Phi) is 6.18. The Bertz CT molecular complexity index is 609. The third kappa shape index (κ3) is 4.90. The highest BCUT2D eigenvalue weighted by molar-refractivity contribution is 8.01. The van der Waals surface area contributed by atoms with Crippen molar-refractivity contribution >= 4 is 44.2 Å². The van der Waals surface area contributed by atoms with Crippen LogP contribution in [0.5, 0.6) is 0 Å². The molecular weight excluding hydrogens is 344 g/mol. The second-order valence-electron chi connectivity index (χ2n) is 5.15. The van der Waals surface area contributed by atoms with E-state index in [1.54, 1.807) is 11.8 Å². The fourth-order valence-corrected chi connectivity index (χ4v) is 4.72. The number of hydrogen-bond donors (Lipinski definition) is 1. The van der Waals surface area contributed by atoms with Gasteiger partial charge in [-0.25, -0.2) is 12.7 Å². The van der Waals surface area contributed by atoms with Crippen molar-refractivity contribution in [3.05, 3.63) is 0 Å². The van der Waals surface area contributed by atoms with Crippen LogP contribution in [-0.4, -0.2) is 53.9 Å². The normalized spacial score (nSPS) is 17.5. The summed E-state index contributed by atoms with van der Waals surface area (Å²) in [7, 11) is -3.16. The number of anilines is 1. The van der Waals surface area contributed by atoms with Gasteiger partial charge in [0.25, 0.3) is 0 Å². The van der Waals surface area contributed by atoms with E-state index < -0.39 is 10.0 Å². The summed E-state index contributed by atoms with van der Waals surface area (Å²) in [5.74, 6) is 0.706. The Morgan fingerprint density at radius 3 is 2.68 bits per heavy atom. The van der Waals surface area contributed by atoms with E-state index in [-0.39, 0.29) is 11.8 Å². The smallest absolute Gasteiger partial charge is 0.229 e. The summed E-state index contributed by atoms with van der Waals surface area (Å²) in [6.45, 7) is 2.88. The van der Waals surface area contributed by atoms with Crippen molar-refractivity contribution in [1.82, 2.24) is 14.5 Å². The summed E-state index contributed by atoms with van der Waals surface area (Å²) in [4.78, 5) is 12.2. The molecule has 1 aromatic heterocycles. The molecule has 0 atom stereocenters. The van der Waals surface area contributed by atoms with Gasteiger partial charge in [-0.2, -0.15) is 0 Å². The fraction of sp³-hybridized carbons (Fsp3) is 0.750. The van der Waals surface area contributed by atoms with Gasteiger partial charge in [0.15, 0.2) is 4.34 Å². The van der Waals surface area contributed by atoms with E-state index in [9.17, 15) is 13.2 Å². The number of thioether (sulfide) groups is 1. The molecule has 22 heavy (non-hydrogen) atoms. The summed E-state index contributed by atoms with van der Waals surface area (Å²) in [5.41, 5.74) is 0. The number of carbonyl (C=O) groups is 1. The van der Waals surface area contributed by atoms with Crippen LogP contribution in [0.2, 0.25) is 0 Å². The fourth-order valence-electron chi connectivity index (χ4n) is 2.17. The van der Waals surface area contributed by atoms with E-state index in [1.165, 1.54) is 21.9 Å². The van der Waals surface area contributed by atoms with E-state index in [0.717, 1.165) is 16.5 Å². The maximum atomic E-state index is 12.2. The van der Waals surface area contributed by atoms with Gasteiger partial charge in [-0.1, -0.05) is 30.0 Å². The second kappa shape index (κ2) is 7.71. The van der Waals surface area contributed by atoms with E-state index in [1.807, 2.05) is 0 Å². The molecular formula is C12H20N4O3S3. The van der Waals surface area contributed by atoms with Crippen LogP contribution in [0.3, 0.4) is 0 Å². The number of sulfonamides is 1. The predicted molar refractivity (Wildman–Crippen MR) is 88.7 cm³/mol. The number of piperidine rings is 1. The van der Waals surface area contributed by atoms with Crippen molar-refractivity contribution in [2.24, 2.45) is 5.92 Å². The van der Waals surface area contributed by atoms with Crippen molar-refractivity contribution in [1.29, 1.82) is 0 Å². The van der Waals surface area contributed by atoms with Crippen molar-refractivity contribution in [3.63, 3.8) is 0 Å². The minimum Gasteiger partial charge on any atom is -0.300 e. The zero-order chi connectivity index (χ0) is 16.2. The Morgan fingerprint density at radius 2 is 2.09 bits per heavy atom.